The second-order valence-electron chi connectivity index (χ2n) is 9.24. The van der Waals surface area contributed by atoms with Gasteiger partial charge in [-0.05, 0) is 16.7 Å². The van der Waals surface area contributed by atoms with Crippen LogP contribution in [0.5, 0.6) is 0 Å². The molecular weight excluding hydrogens is 500 g/mol. The third kappa shape index (κ3) is 8.73. The topological polar surface area (TPSA) is 89.5 Å². The molecule has 5 atom stereocenters. The summed E-state index contributed by atoms with van der Waals surface area (Å²) in [5.41, 5.74) is 2.84. The van der Waals surface area contributed by atoms with Crippen LogP contribution in [0.15, 0.2) is 91.0 Å². The Morgan fingerprint density at radius 2 is 1.05 bits per heavy atom. The lowest BCUT2D eigenvalue weighted by molar-refractivity contribution is -0.318. The van der Waals surface area contributed by atoms with E-state index in [0.29, 0.717) is 0 Å². The molecule has 1 saturated heterocycles. The van der Waals surface area contributed by atoms with E-state index in [1.807, 2.05) is 91.0 Å². The third-order valence-corrected chi connectivity index (χ3v) is 6.18. The van der Waals surface area contributed by atoms with Crippen LogP contribution in [-0.4, -0.2) is 49.3 Å². The van der Waals surface area contributed by atoms with Crippen LogP contribution >= 0.6 is 0 Å². The fourth-order valence-electron chi connectivity index (χ4n) is 4.34. The van der Waals surface area contributed by atoms with E-state index in [9.17, 15) is 9.59 Å². The molecule has 8 nitrogen and oxygen atoms in total. The van der Waals surface area contributed by atoms with Crippen molar-refractivity contribution in [3.8, 4) is 0 Å². The van der Waals surface area contributed by atoms with Crippen molar-refractivity contribution in [3.05, 3.63) is 108 Å². The molecule has 4 rings (SSSR count). The van der Waals surface area contributed by atoms with Gasteiger partial charge in [-0.15, -0.1) is 0 Å². The molecule has 0 radical (unpaired) electrons. The van der Waals surface area contributed by atoms with Gasteiger partial charge in [0, 0.05) is 13.8 Å². The van der Waals surface area contributed by atoms with E-state index in [1.54, 1.807) is 0 Å². The summed E-state index contributed by atoms with van der Waals surface area (Å²) in [6.45, 7) is 3.27. The van der Waals surface area contributed by atoms with Gasteiger partial charge in [0.25, 0.3) is 0 Å². The summed E-state index contributed by atoms with van der Waals surface area (Å²) in [5.74, 6) is -1.00. The molecule has 39 heavy (non-hydrogen) atoms. The minimum atomic E-state index is -1.11. The van der Waals surface area contributed by atoms with Crippen LogP contribution in [0.3, 0.4) is 0 Å². The summed E-state index contributed by atoms with van der Waals surface area (Å²) in [6.07, 6.45) is -4.15. The molecule has 1 aliphatic rings. The molecule has 0 saturated carbocycles. The summed E-state index contributed by atoms with van der Waals surface area (Å²) < 4.78 is 36.2. The predicted octanol–water partition coefficient (Wildman–Crippen LogP) is 4.59. The second-order valence-corrected chi connectivity index (χ2v) is 9.24. The number of carbonyl (C=O) groups excluding carboxylic acids is 2. The highest BCUT2D eigenvalue weighted by molar-refractivity contribution is 5.66. The summed E-state index contributed by atoms with van der Waals surface area (Å²) in [7, 11) is 0. The second kappa shape index (κ2) is 14.6. The first-order chi connectivity index (χ1) is 19.0. The molecule has 0 N–H and O–H groups in total. The molecule has 1 aliphatic heterocycles. The van der Waals surface area contributed by atoms with Crippen LogP contribution in [0.2, 0.25) is 0 Å². The largest absolute Gasteiger partial charge is 0.463 e. The highest BCUT2D eigenvalue weighted by atomic mass is 16.7. The number of hydrogen-bond donors (Lipinski definition) is 0. The van der Waals surface area contributed by atoms with Crippen molar-refractivity contribution < 1.29 is 38.0 Å². The smallest absolute Gasteiger partial charge is 0.305 e. The van der Waals surface area contributed by atoms with E-state index in [4.69, 9.17) is 28.4 Å². The van der Waals surface area contributed by atoms with E-state index in [2.05, 4.69) is 0 Å². The number of benzene rings is 3. The van der Waals surface area contributed by atoms with Crippen molar-refractivity contribution in [2.75, 3.05) is 6.61 Å². The Kier molecular flexibility index (Phi) is 10.6. The molecule has 0 bridgehead atoms. The molecular formula is C31H34O8. The van der Waals surface area contributed by atoms with Crippen molar-refractivity contribution >= 4 is 11.9 Å². The summed E-state index contributed by atoms with van der Waals surface area (Å²) in [6, 6.07) is 29.1. The molecule has 1 fully saturated rings. The molecule has 0 amide bonds. The standard InChI is InChI=1S/C31H34O8/c1-22(32)34-21-27-28(35-18-24-12-6-3-7-13-24)29(36-19-25-14-8-4-9-15-25)30(31(39-27)38-23(2)33)37-20-26-16-10-5-11-17-26/h3-17,27-31H,18-21H2,1-2H3/t27-,28-,29+,30-,31?/m1/s1. The maximum Gasteiger partial charge on any atom is 0.305 e. The zero-order chi connectivity index (χ0) is 27.5. The lowest BCUT2D eigenvalue weighted by Gasteiger charge is -2.45. The van der Waals surface area contributed by atoms with Crippen LogP contribution in [0.1, 0.15) is 30.5 Å². The van der Waals surface area contributed by atoms with Gasteiger partial charge in [0.2, 0.25) is 6.29 Å². The molecule has 206 valence electrons. The van der Waals surface area contributed by atoms with Gasteiger partial charge in [0.15, 0.2) is 0 Å². The van der Waals surface area contributed by atoms with Crippen molar-refractivity contribution in [2.24, 2.45) is 0 Å². The molecule has 1 unspecified atom stereocenters. The fraction of sp³-hybridized carbons (Fsp3) is 0.355. The minimum Gasteiger partial charge on any atom is -0.463 e. The van der Waals surface area contributed by atoms with Gasteiger partial charge in [0.05, 0.1) is 19.8 Å². The van der Waals surface area contributed by atoms with Gasteiger partial charge in [-0.1, -0.05) is 91.0 Å². The first kappa shape index (κ1) is 28.4. The van der Waals surface area contributed by atoms with Gasteiger partial charge in [-0.3, -0.25) is 9.59 Å². The third-order valence-electron chi connectivity index (χ3n) is 6.18. The maximum absolute atomic E-state index is 12.1. The first-order valence-corrected chi connectivity index (χ1v) is 12.9. The lowest BCUT2D eigenvalue weighted by Crippen LogP contribution is -2.62. The van der Waals surface area contributed by atoms with Crippen LogP contribution in [0, 0.1) is 0 Å². The normalized spacial score (nSPS) is 22.7. The molecule has 3 aromatic carbocycles. The van der Waals surface area contributed by atoms with Gasteiger partial charge in [-0.2, -0.15) is 0 Å². The Balaban J connectivity index is 1.64. The molecule has 0 aromatic heterocycles. The Hall–Kier alpha value is -3.56. The van der Waals surface area contributed by atoms with E-state index in [-0.39, 0.29) is 26.4 Å². The average molecular weight is 535 g/mol. The zero-order valence-electron chi connectivity index (χ0n) is 22.1. The summed E-state index contributed by atoms with van der Waals surface area (Å²) in [5, 5.41) is 0. The monoisotopic (exact) mass is 534 g/mol. The van der Waals surface area contributed by atoms with Crippen molar-refractivity contribution in [1.82, 2.24) is 0 Å². The lowest BCUT2D eigenvalue weighted by atomic mass is 9.97. The Bertz CT molecular complexity index is 1150. The van der Waals surface area contributed by atoms with Crippen LogP contribution in [-0.2, 0) is 57.8 Å². The minimum absolute atomic E-state index is 0.108. The number of carbonyl (C=O) groups is 2. The number of ether oxygens (including phenoxy) is 6. The molecule has 3 aromatic rings. The van der Waals surface area contributed by atoms with Crippen molar-refractivity contribution in [1.29, 1.82) is 0 Å². The van der Waals surface area contributed by atoms with Crippen LogP contribution in [0.25, 0.3) is 0 Å². The van der Waals surface area contributed by atoms with Gasteiger partial charge >= 0.3 is 11.9 Å². The van der Waals surface area contributed by atoms with Gasteiger partial charge in [0.1, 0.15) is 31.0 Å². The van der Waals surface area contributed by atoms with Crippen molar-refractivity contribution in [3.63, 3.8) is 0 Å². The summed E-state index contributed by atoms with van der Waals surface area (Å²) in [4.78, 5) is 23.8. The highest BCUT2D eigenvalue weighted by Crippen LogP contribution is 2.31. The van der Waals surface area contributed by atoms with Crippen LogP contribution in [0.4, 0.5) is 0 Å². The van der Waals surface area contributed by atoms with E-state index in [0.717, 1.165) is 16.7 Å². The highest BCUT2D eigenvalue weighted by Gasteiger charge is 2.50. The van der Waals surface area contributed by atoms with Gasteiger partial charge in [-0.25, -0.2) is 0 Å². The van der Waals surface area contributed by atoms with Gasteiger partial charge < -0.3 is 28.4 Å². The maximum atomic E-state index is 12.1. The molecule has 8 heteroatoms. The number of esters is 2. The SMILES string of the molecule is CC(=O)OC[C@H]1OC(OC(C)=O)[C@H](OCc2ccccc2)[C@@H](OCc2ccccc2)[C@@H]1OCc1ccccc1. The Morgan fingerprint density at radius 3 is 1.49 bits per heavy atom. The Labute approximate surface area is 228 Å². The van der Waals surface area contributed by atoms with Crippen molar-refractivity contribution in [2.45, 2.75) is 64.4 Å². The first-order valence-electron chi connectivity index (χ1n) is 12.9. The summed E-state index contributed by atoms with van der Waals surface area (Å²) >= 11 is 0. The average Bonchev–Trinajstić information content (AvgIpc) is 2.95. The Morgan fingerprint density at radius 1 is 0.615 bits per heavy atom. The number of hydrogen-bond acceptors (Lipinski definition) is 8. The van der Waals surface area contributed by atoms with E-state index >= 15 is 0 Å². The van der Waals surface area contributed by atoms with E-state index < -0.39 is 42.6 Å². The molecule has 0 spiro atoms. The fourth-order valence-corrected chi connectivity index (χ4v) is 4.34. The van der Waals surface area contributed by atoms with E-state index in [1.165, 1.54) is 13.8 Å². The quantitative estimate of drug-likeness (QED) is 0.312. The molecule has 1 heterocycles. The zero-order valence-corrected chi connectivity index (χ0v) is 22.1. The van der Waals surface area contributed by atoms with Crippen LogP contribution < -0.4 is 0 Å². The predicted molar refractivity (Wildman–Crippen MR) is 142 cm³/mol. The molecule has 0 aliphatic carbocycles. The number of rotatable bonds is 12.